The van der Waals surface area contributed by atoms with Crippen molar-refractivity contribution < 1.29 is 0 Å². The predicted octanol–water partition coefficient (Wildman–Crippen LogP) is 1.06. The van der Waals surface area contributed by atoms with E-state index < -0.39 is 0 Å². The number of rotatable bonds is 1. The summed E-state index contributed by atoms with van der Waals surface area (Å²) in [6, 6.07) is 5.72. The monoisotopic (exact) mass is 198 g/mol. The van der Waals surface area contributed by atoms with Crippen LogP contribution in [-0.4, -0.2) is 19.6 Å². The number of nitrogens with zero attached hydrogens (tertiary/aromatic N) is 5. The van der Waals surface area contributed by atoms with Crippen LogP contribution < -0.4 is 4.98 Å². The average molecular weight is 198 g/mol. The smallest absolute Gasteiger partial charge is 0.0848 e. The van der Waals surface area contributed by atoms with Gasteiger partial charge in [0.25, 0.3) is 0 Å². The van der Waals surface area contributed by atoms with Crippen LogP contribution in [0.25, 0.3) is 17.2 Å². The van der Waals surface area contributed by atoms with Crippen molar-refractivity contribution in [3.8, 4) is 11.4 Å². The molecule has 0 unspecified atom stereocenters. The number of hydrogen-bond acceptors (Lipinski definition) is 3. The Hall–Kier alpha value is -2.17. The maximum atomic E-state index is 4.33. The third-order valence-corrected chi connectivity index (χ3v) is 2.11. The van der Waals surface area contributed by atoms with Crippen LogP contribution in [0, 0.1) is 6.92 Å². The molecule has 0 saturated carbocycles. The second-order valence-electron chi connectivity index (χ2n) is 3.24. The molecule has 0 spiro atoms. The standard InChI is InChI=1S/C10H8N5/c1-7-12-10-13-9(6-15(10)14-7)8-4-2-3-5-11-8/h2-6H,1H3/q-1. The molecule has 15 heavy (non-hydrogen) atoms. The molecule has 0 N–H and O–H groups in total. The molecule has 5 nitrogen and oxygen atoms in total. The van der Waals surface area contributed by atoms with Gasteiger partial charge in [0, 0.05) is 17.7 Å². The van der Waals surface area contributed by atoms with Crippen LogP contribution in [0.15, 0.2) is 30.6 Å². The van der Waals surface area contributed by atoms with E-state index in [0.29, 0.717) is 5.78 Å². The zero-order chi connectivity index (χ0) is 10.3. The summed E-state index contributed by atoms with van der Waals surface area (Å²) in [6.45, 7) is 1.84. The van der Waals surface area contributed by atoms with Crippen LogP contribution in [0.1, 0.15) is 5.82 Å². The van der Waals surface area contributed by atoms with Gasteiger partial charge in [-0.1, -0.05) is 6.07 Å². The van der Waals surface area contributed by atoms with Crippen LogP contribution in [0.3, 0.4) is 0 Å². The zero-order valence-corrected chi connectivity index (χ0v) is 8.12. The highest BCUT2D eigenvalue weighted by Gasteiger charge is 1.99. The molecule has 3 rings (SSSR count). The lowest BCUT2D eigenvalue weighted by atomic mass is 10.3. The van der Waals surface area contributed by atoms with E-state index in [1.165, 1.54) is 0 Å². The average Bonchev–Trinajstić information content (AvgIpc) is 2.76. The van der Waals surface area contributed by atoms with E-state index in [1.807, 2.05) is 31.3 Å². The summed E-state index contributed by atoms with van der Waals surface area (Å²) >= 11 is 0. The molecule has 0 aromatic carbocycles. The van der Waals surface area contributed by atoms with Crippen molar-refractivity contribution in [3.63, 3.8) is 0 Å². The van der Waals surface area contributed by atoms with E-state index in [-0.39, 0.29) is 0 Å². The minimum absolute atomic E-state index is 0.619. The SMILES string of the molecule is Cc1nn2cc(-c3ccccn3)nc2[n-]1. The van der Waals surface area contributed by atoms with Crippen molar-refractivity contribution in [3.05, 3.63) is 36.4 Å². The third-order valence-electron chi connectivity index (χ3n) is 2.11. The van der Waals surface area contributed by atoms with Gasteiger partial charge >= 0.3 is 0 Å². The molecular weight excluding hydrogens is 190 g/mol. The maximum Gasteiger partial charge on any atom is 0.0848 e. The quantitative estimate of drug-likeness (QED) is 0.586. The summed E-state index contributed by atoms with van der Waals surface area (Å²) in [7, 11) is 0. The summed E-state index contributed by atoms with van der Waals surface area (Å²) in [5.41, 5.74) is 1.63. The maximum absolute atomic E-state index is 4.33. The molecule has 0 amide bonds. The van der Waals surface area contributed by atoms with Gasteiger partial charge in [-0.2, -0.15) is 0 Å². The predicted molar refractivity (Wildman–Crippen MR) is 54.3 cm³/mol. The molecule has 3 heterocycles. The van der Waals surface area contributed by atoms with E-state index in [9.17, 15) is 0 Å². The van der Waals surface area contributed by atoms with E-state index in [1.54, 1.807) is 10.7 Å². The number of fused-ring (bicyclic) bond motifs is 1. The van der Waals surface area contributed by atoms with Gasteiger partial charge in [-0.15, -0.1) is 0 Å². The number of aromatic nitrogens is 5. The van der Waals surface area contributed by atoms with E-state index in [0.717, 1.165) is 17.2 Å². The lowest BCUT2D eigenvalue weighted by Crippen LogP contribution is -1.83. The van der Waals surface area contributed by atoms with E-state index in [2.05, 4.69) is 20.1 Å². The first-order valence-electron chi connectivity index (χ1n) is 4.61. The largest absolute Gasteiger partial charge is 0.323 e. The van der Waals surface area contributed by atoms with Crippen LogP contribution in [0.4, 0.5) is 0 Å². The Morgan fingerprint density at radius 2 is 2.20 bits per heavy atom. The minimum Gasteiger partial charge on any atom is -0.323 e. The molecule has 0 radical (unpaired) electrons. The summed E-state index contributed by atoms with van der Waals surface area (Å²) in [6.07, 6.45) is 3.57. The van der Waals surface area contributed by atoms with Crippen molar-refractivity contribution >= 4 is 5.78 Å². The summed E-state index contributed by atoms with van der Waals surface area (Å²) in [5, 5.41) is 4.17. The lowest BCUT2D eigenvalue weighted by molar-refractivity contribution is 0.939. The number of aryl methyl sites for hydroxylation is 1. The van der Waals surface area contributed by atoms with Gasteiger partial charge < -0.3 is 19.6 Å². The Morgan fingerprint density at radius 3 is 2.93 bits per heavy atom. The van der Waals surface area contributed by atoms with Gasteiger partial charge in [0.2, 0.25) is 0 Å². The van der Waals surface area contributed by atoms with Crippen molar-refractivity contribution in [2.24, 2.45) is 0 Å². The van der Waals surface area contributed by atoms with E-state index in [4.69, 9.17) is 0 Å². The fourth-order valence-corrected chi connectivity index (χ4v) is 1.47. The van der Waals surface area contributed by atoms with E-state index >= 15 is 0 Å². The normalized spacial score (nSPS) is 11.0. The molecule has 5 heteroatoms. The summed E-state index contributed by atoms with van der Waals surface area (Å²) in [5.74, 6) is 1.35. The van der Waals surface area contributed by atoms with Crippen LogP contribution in [-0.2, 0) is 0 Å². The number of hydrogen-bond donors (Lipinski definition) is 0. The molecular formula is C10H8N5-. The molecule has 74 valence electrons. The second kappa shape index (κ2) is 2.91. The van der Waals surface area contributed by atoms with Gasteiger partial charge in [-0.3, -0.25) is 4.98 Å². The zero-order valence-electron chi connectivity index (χ0n) is 8.12. The van der Waals surface area contributed by atoms with Crippen molar-refractivity contribution in [1.82, 2.24) is 24.6 Å². The minimum atomic E-state index is 0.619. The first-order chi connectivity index (χ1) is 7.33. The highest BCUT2D eigenvalue weighted by Crippen LogP contribution is 2.14. The van der Waals surface area contributed by atoms with Gasteiger partial charge in [-0.25, -0.2) is 0 Å². The Balaban J connectivity index is 2.16. The first-order valence-corrected chi connectivity index (χ1v) is 4.61. The number of pyridine rings is 1. The highest BCUT2D eigenvalue weighted by atomic mass is 15.3. The molecule has 0 aliphatic heterocycles. The Morgan fingerprint density at radius 1 is 1.27 bits per heavy atom. The van der Waals surface area contributed by atoms with Crippen LogP contribution in [0.5, 0.6) is 0 Å². The molecule has 0 bridgehead atoms. The molecule has 3 aromatic heterocycles. The number of imidazole rings is 1. The first kappa shape index (κ1) is 8.16. The van der Waals surface area contributed by atoms with Crippen molar-refractivity contribution in [1.29, 1.82) is 0 Å². The molecule has 0 fully saturated rings. The summed E-state index contributed by atoms with van der Waals surface area (Å²) < 4.78 is 1.67. The summed E-state index contributed by atoms with van der Waals surface area (Å²) in [4.78, 5) is 12.7. The molecule has 0 saturated heterocycles. The fourth-order valence-electron chi connectivity index (χ4n) is 1.47. The molecule has 3 aromatic rings. The second-order valence-corrected chi connectivity index (χ2v) is 3.24. The van der Waals surface area contributed by atoms with Gasteiger partial charge in [0.05, 0.1) is 11.5 Å². The Labute approximate surface area is 85.8 Å². The topological polar surface area (TPSA) is 57.2 Å². The highest BCUT2D eigenvalue weighted by molar-refractivity contribution is 5.56. The molecule has 0 atom stereocenters. The van der Waals surface area contributed by atoms with Gasteiger partial charge in [-0.05, 0) is 25.3 Å². The van der Waals surface area contributed by atoms with Crippen LogP contribution in [0.2, 0.25) is 0 Å². The molecule has 0 aliphatic carbocycles. The molecule has 0 aliphatic rings. The Bertz CT molecular complexity index is 561. The van der Waals surface area contributed by atoms with Gasteiger partial charge in [0.1, 0.15) is 0 Å². The van der Waals surface area contributed by atoms with Crippen molar-refractivity contribution in [2.75, 3.05) is 0 Å². The van der Waals surface area contributed by atoms with Crippen LogP contribution >= 0.6 is 0 Å². The lowest BCUT2D eigenvalue weighted by Gasteiger charge is -1.95. The van der Waals surface area contributed by atoms with Gasteiger partial charge in [0.15, 0.2) is 0 Å². The Kier molecular flexibility index (Phi) is 1.58. The third kappa shape index (κ3) is 1.28. The fraction of sp³-hybridized carbons (Fsp3) is 0.100. The van der Waals surface area contributed by atoms with Crippen molar-refractivity contribution in [2.45, 2.75) is 6.92 Å².